The molecule has 3 fully saturated rings. The van der Waals surface area contributed by atoms with Gasteiger partial charge in [-0.1, -0.05) is 82.1 Å². The number of anilines is 1. The first-order valence-electron chi connectivity index (χ1n) is 14.9. The van der Waals surface area contributed by atoms with Crippen LogP contribution in [0.15, 0.2) is 73.8 Å². The highest BCUT2D eigenvalue weighted by Gasteiger charge is 2.76. The number of aliphatic hydroxyl groups excluding tert-OH is 1. The number of rotatable bonds is 13. The number of thioether (sulfide) groups is 1. The summed E-state index contributed by atoms with van der Waals surface area (Å²) in [6.07, 6.45) is 5.64. The van der Waals surface area contributed by atoms with E-state index in [1.807, 2.05) is 49.4 Å². The van der Waals surface area contributed by atoms with Crippen LogP contribution in [-0.2, 0) is 25.5 Å². The van der Waals surface area contributed by atoms with Crippen molar-refractivity contribution in [3.63, 3.8) is 0 Å². The maximum Gasteiger partial charge on any atom is 0.310 e. The number of aliphatic hydroxyl groups is 1. The van der Waals surface area contributed by atoms with E-state index in [4.69, 9.17) is 16.3 Å². The number of halogens is 2. The topological polar surface area (TPSA) is 87.2 Å². The fourth-order valence-corrected chi connectivity index (χ4v) is 11.1. The van der Waals surface area contributed by atoms with Crippen LogP contribution in [0.5, 0.6) is 0 Å². The summed E-state index contributed by atoms with van der Waals surface area (Å²) in [6.45, 7) is 9.57. The minimum atomic E-state index is -0.954. The van der Waals surface area contributed by atoms with Gasteiger partial charge in [0.05, 0.1) is 46.5 Å². The minimum absolute atomic E-state index is 0.103. The number of aryl methyl sites for hydroxylation is 1. The average Bonchev–Trinajstić information content (AvgIpc) is 3.61. The number of amides is 2. The van der Waals surface area contributed by atoms with E-state index in [-0.39, 0.29) is 41.6 Å². The highest BCUT2D eigenvalue weighted by molar-refractivity contribution is 9.09. The monoisotopic (exact) mass is 700 g/mol. The number of carbonyl (C=O) groups excluding carboxylic acids is 3. The minimum Gasteiger partial charge on any atom is -0.465 e. The van der Waals surface area contributed by atoms with Crippen LogP contribution in [0.2, 0.25) is 5.02 Å². The number of fused-ring (bicyclic) bond motifs is 1. The number of unbranched alkanes of at least 4 members (excludes halogenated alkanes) is 1. The molecule has 0 saturated carbocycles. The first-order valence-corrected chi connectivity index (χ1v) is 17.1. The van der Waals surface area contributed by atoms with Crippen molar-refractivity contribution in [3.8, 4) is 0 Å². The third-order valence-electron chi connectivity index (χ3n) is 8.98. The van der Waals surface area contributed by atoms with Crippen LogP contribution >= 0.6 is 39.3 Å². The van der Waals surface area contributed by atoms with Crippen LogP contribution in [0.4, 0.5) is 5.69 Å². The normalized spacial score (nSPS) is 27.6. The van der Waals surface area contributed by atoms with Gasteiger partial charge in [-0.05, 0) is 49.8 Å². The van der Waals surface area contributed by atoms with Gasteiger partial charge in [0, 0.05) is 16.6 Å². The molecule has 2 aromatic carbocycles. The smallest absolute Gasteiger partial charge is 0.310 e. The zero-order valence-corrected chi connectivity index (χ0v) is 27.9. The van der Waals surface area contributed by atoms with Crippen LogP contribution in [0.1, 0.15) is 30.4 Å². The fourth-order valence-electron chi connectivity index (χ4n) is 7.18. The molecule has 3 saturated heterocycles. The Morgan fingerprint density at radius 1 is 1.23 bits per heavy atom. The maximum absolute atomic E-state index is 15.0. The van der Waals surface area contributed by atoms with Crippen molar-refractivity contribution in [2.45, 2.75) is 59.5 Å². The number of esters is 1. The van der Waals surface area contributed by atoms with Gasteiger partial charge in [-0.15, -0.1) is 24.9 Å². The van der Waals surface area contributed by atoms with Crippen molar-refractivity contribution < 1.29 is 24.2 Å². The third kappa shape index (κ3) is 5.77. The zero-order chi connectivity index (χ0) is 31.6. The molecule has 5 rings (SSSR count). The number of benzene rings is 2. The molecule has 2 bridgehead atoms. The molecule has 1 N–H and O–H groups in total. The van der Waals surface area contributed by atoms with Crippen molar-refractivity contribution >= 4 is 62.8 Å². The van der Waals surface area contributed by atoms with E-state index < -0.39 is 34.6 Å². The van der Waals surface area contributed by atoms with Crippen molar-refractivity contribution in [3.05, 3.63) is 90.0 Å². The van der Waals surface area contributed by atoms with Crippen molar-refractivity contribution in [1.29, 1.82) is 0 Å². The Morgan fingerprint density at radius 3 is 2.64 bits per heavy atom. The molecule has 7 atom stereocenters. The SMILES string of the molecule is C=CCCCOC(=O)[C@H]1[C@@H]2SC3(CC2Br)C(C(=O)N(CC=C)c2c(C)cccc2Cl)N([C@@H](CO)Cc2ccccc2)C(=O)[C@H]13. The van der Waals surface area contributed by atoms with E-state index in [0.29, 0.717) is 36.4 Å². The Balaban J connectivity index is 1.61. The molecule has 7 nitrogen and oxygen atoms in total. The van der Waals surface area contributed by atoms with Crippen LogP contribution < -0.4 is 4.90 Å². The van der Waals surface area contributed by atoms with Gasteiger partial charge in [0.2, 0.25) is 5.91 Å². The lowest BCUT2D eigenvalue weighted by Crippen LogP contribution is -2.58. The Labute approximate surface area is 276 Å². The molecule has 3 aliphatic heterocycles. The standard InChI is InChI=1S/C34H38BrClN2O5S/c1-4-6-10-17-43-33(42)26-27-31(40)38(23(20-39)18-22-13-8-7-9-14-22)30(34(27)19-24(35)29(26)44-34)32(41)37(16-5-2)28-21(3)12-11-15-25(28)36/h4-5,7-9,11-15,23-24,26-27,29-30,39H,1-2,6,10,16-20H2,3H3/t23-,24?,26-,27+,29-,30?,34?/m1/s1. The molecule has 2 amide bonds. The van der Waals surface area contributed by atoms with Gasteiger partial charge < -0.3 is 19.6 Å². The van der Waals surface area contributed by atoms with Gasteiger partial charge >= 0.3 is 5.97 Å². The Bertz CT molecular complexity index is 1410. The van der Waals surface area contributed by atoms with E-state index in [1.165, 1.54) is 0 Å². The summed E-state index contributed by atoms with van der Waals surface area (Å²) >= 11 is 12.0. The summed E-state index contributed by atoms with van der Waals surface area (Å²) < 4.78 is 4.81. The van der Waals surface area contributed by atoms with Gasteiger partial charge in [0.25, 0.3) is 5.91 Å². The average molecular weight is 702 g/mol. The molecule has 1 spiro atoms. The van der Waals surface area contributed by atoms with Crippen LogP contribution in [0.3, 0.4) is 0 Å². The number of likely N-dealkylation sites (tertiary alicyclic amines) is 1. The van der Waals surface area contributed by atoms with Crippen molar-refractivity contribution in [1.82, 2.24) is 4.90 Å². The molecule has 2 aromatic rings. The maximum atomic E-state index is 15.0. The van der Waals surface area contributed by atoms with Crippen molar-refractivity contribution in [2.24, 2.45) is 11.8 Å². The summed E-state index contributed by atoms with van der Waals surface area (Å²) in [5, 5.41) is 10.9. The number of nitrogens with zero attached hydrogens (tertiary/aromatic N) is 2. The second-order valence-electron chi connectivity index (χ2n) is 11.7. The van der Waals surface area contributed by atoms with Crippen LogP contribution in [0.25, 0.3) is 0 Å². The number of hydrogen-bond donors (Lipinski definition) is 1. The quantitative estimate of drug-likeness (QED) is 0.124. The molecule has 10 heteroatoms. The summed E-state index contributed by atoms with van der Waals surface area (Å²) in [4.78, 5) is 46.4. The Kier molecular flexibility index (Phi) is 10.3. The second-order valence-corrected chi connectivity index (χ2v) is 14.8. The largest absolute Gasteiger partial charge is 0.465 e. The molecular weight excluding hydrogens is 664 g/mol. The van der Waals surface area contributed by atoms with Gasteiger partial charge in [-0.3, -0.25) is 14.4 Å². The predicted molar refractivity (Wildman–Crippen MR) is 179 cm³/mol. The molecule has 44 heavy (non-hydrogen) atoms. The van der Waals surface area contributed by atoms with Gasteiger partial charge in [0.1, 0.15) is 6.04 Å². The first-order chi connectivity index (χ1) is 21.2. The van der Waals surface area contributed by atoms with Gasteiger partial charge in [-0.25, -0.2) is 0 Å². The van der Waals surface area contributed by atoms with Crippen LogP contribution in [-0.4, -0.2) is 74.5 Å². The van der Waals surface area contributed by atoms with E-state index in [1.54, 1.807) is 39.8 Å². The molecule has 3 aliphatic rings. The Morgan fingerprint density at radius 2 is 1.98 bits per heavy atom. The molecular formula is C34H38BrClN2O5S. The van der Waals surface area contributed by atoms with E-state index in [0.717, 1.165) is 11.1 Å². The highest BCUT2D eigenvalue weighted by atomic mass is 79.9. The summed E-state index contributed by atoms with van der Waals surface area (Å²) in [7, 11) is 0. The number of carbonyl (C=O) groups is 3. The van der Waals surface area contributed by atoms with E-state index in [2.05, 4.69) is 29.1 Å². The molecule has 0 aromatic heterocycles. The number of para-hydroxylation sites is 1. The number of ether oxygens (including phenoxy) is 1. The molecule has 234 valence electrons. The second kappa shape index (κ2) is 13.8. The molecule has 0 radical (unpaired) electrons. The molecule has 0 aliphatic carbocycles. The fraction of sp³-hybridized carbons (Fsp3) is 0.441. The van der Waals surface area contributed by atoms with E-state index >= 15 is 4.79 Å². The number of hydrogen-bond acceptors (Lipinski definition) is 6. The number of alkyl halides is 1. The third-order valence-corrected chi connectivity index (χ3v) is 12.5. The van der Waals surface area contributed by atoms with Crippen LogP contribution in [0, 0.1) is 18.8 Å². The number of allylic oxidation sites excluding steroid dienone is 1. The summed E-state index contributed by atoms with van der Waals surface area (Å²) in [5.74, 6) is -2.51. The lowest BCUT2D eigenvalue weighted by atomic mass is 9.71. The predicted octanol–water partition coefficient (Wildman–Crippen LogP) is 5.75. The molecule has 3 unspecified atom stereocenters. The summed E-state index contributed by atoms with van der Waals surface area (Å²) in [6, 6.07) is 13.4. The zero-order valence-electron chi connectivity index (χ0n) is 24.7. The van der Waals surface area contributed by atoms with Crippen molar-refractivity contribution in [2.75, 3.05) is 24.7 Å². The lowest BCUT2D eigenvalue weighted by molar-refractivity contribution is -0.154. The first kappa shape index (κ1) is 32.8. The summed E-state index contributed by atoms with van der Waals surface area (Å²) in [5.41, 5.74) is 2.29. The lowest BCUT2D eigenvalue weighted by Gasteiger charge is -2.40. The Hall–Kier alpha value is -2.59. The van der Waals surface area contributed by atoms with E-state index in [9.17, 15) is 14.7 Å². The van der Waals surface area contributed by atoms with Gasteiger partial charge in [0.15, 0.2) is 0 Å². The highest BCUT2D eigenvalue weighted by Crippen LogP contribution is 2.68. The molecule has 3 heterocycles. The van der Waals surface area contributed by atoms with Gasteiger partial charge in [-0.2, -0.15) is 0 Å².